The summed E-state index contributed by atoms with van der Waals surface area (Å²) in [5, 5.41) is 25.3. The van der Waals surface area contributed by atoms with Crippen molar-refractivity contribution < 1.29 is 9.72 Å². The number of carbonyl (C=O) groups excluding carboxylic acids is 1. The number of anilines is 1. The van der Waals surface area contributed by atoms with Crippen molar-refractivity contribution in [3.63, 3.8) is 0 Å². The van der Waals surface area contributed by atoms with Crippen LogP contribution < -0.4 is 10.6 Å². The molecule has 1 aromatic carbocycles. The molecule has 0 fully saturated rings. The molecule has 22 heavy (non-hydrogen) atoms. The number of non-ortho nitro benzene ring substituents is 1. The van der Waals surface area contributed by atoms with Crippen LogP contribution in [0.3, 0.4) is 0 Å². The third-order valence-electron chi connectivity index (χ3n) is 2.39. The van der Waals surface area contributed by atoms with E-state index in [9.17, 15) is 14.9 Å². The summed E-state index contributed by atoms with van der Waals surface area (Å²) < 4.78 is 0. The minimum atomic E-state index is -0.567. The van der Waals surface area contributed by atoms with E-state index in [2.05, 4.69) is 10.6 Å². The van der Waals surface area contributed by atoms with E-state index >= 15 is 0 Å². The number of nitriles is 1. The zero-order valence-electron chi connectivity index (χ0n) is 12.3. The molecule has 0 unspecified atom stereocenters. The lowest BCUT2D eigenvalue weighted by atomic mass is 10.1. The second-order valence-corrected chi connectivity index (χ2v) is 5.85. The molecule has 0 aromatic heterocycles. The van der Waals surface area contributed by atoms with Crippen molar-refractivity contribution in [2.45, 2.75) is 26.3 Å². The largest absolute Gasteiger partial charge is 0.359 e. The molecule has 1 rings (SSSR count). The number of nitro groups is 1. The Morgan fingerprint density at radius 3 is 2.59 bits per heavy atom. The van der Waals surface area contributed by atoms with Crippen LogP contribution in [0.5, 0.6) is 0 Å². The van der Waals surface area contributed by atoms with Crippen LogP contribution in [0.1, 0.15) is 20.8 Å². The van der Waals surface area contributed by atoms with Gasteiger partial charge in [-0.25, -0.2) is 0 Å². The highest BCUT2D eigenvalue weighted by molar-refractivity contribution is 6.33. The van der Waals surface area contributed by atoms with E-state index < -0.39 is 16.4 Å². The summed E-state index contributed by atoms with van der Waals surface area (Å²) in [6, 6.07) is 5.60. The number of nitrogens with one attached hydrogen (secondary N) is 2. The second-order valence-electron chi connectivity index (χ2n) is 5.44. The maximum atomic E-state index is 11.9. The first-order valence-electron chi connectivity index (χ1n) is 6.27. The quantitative estimate of drug-likeness (QED) is 0.383. The van der Waals surface area contributed by atoms with Crippen LogP contribution >= 0.6 is 11.6 Å². The Morgan fingerprint density at radius 1 is 1.45 bits per heavy atom. The summed E-state index contributed by atoms with van der Waals surface area (Å²) in [6.45, 7) is 5.35. The van der Waals surface area contributed by atoms with Gasteiger partial charge in [0.05, 0.1) is 15.6 Å². The van der Waals surface area contributed by atoms with Gasteiger partial charge >= 0.3 is 0 Å². The highest BCUT2D eigenvalue weighted by Crippen LogP contribution is 2.26. The topological polar surface area (TPSA) is 108 Å². The van der Waals surface area contributed by atoms with Crippen molar-refractivity contribution in [3.05, 3.63) is 45.1 Å². The summed E-state index contributed by atoms with van der Waals surface area (Å²) in [6.07, 6.45) is 1.16. The van der Waals surface area contributed by atoms with Gasteiger partial charge in [-0.15, -0.1) is 0 Å². The molecule has 0 heterocycles. The molecule has 7 nitrogen and oxygen atoms in total. The maximum Gasteiger partial charge on any atom is 0.271 e. The molecular formula is C14H15ClN4O3. The molecule has 2 N–H and O–H groups in total. The molecule has 0 saturated carbocycles. The number of nitrogens with zero attached hydrogens (tertiary/aromatic N) is 2. The standard InChI is InChI=1S/C14H15ClN4O3/c1-14(2,3)18-13(20)9(7-16)8-17-12-6-10(19(21)22)4-5-11(12)15/h4-6,8,17H,1-3H3,(H,18,20)/b9-8-. The third kappa shape index (κ3) is 5.07. The van der Waals surface area contributed by atoms with Gasteiger partial charge in [0.25, 0.3) is 11.6 Å². The van der Waals surface area contributed by atoms with E-state index in [1.54, 1.807) is 26.8 Å². The summed E-state index contributed by atoms with van der Waals surface area (Å²) in [5.74, 6) is -0.552. The predicted molar refractivity (Wildman–Crippen MR) is 83.3 cm³/mol. The molecule has 0 saturated heterocycles. The molecule has 0 radical (unpaired) electrons. The fraction of sp³-hybridized carbons (Fsp3) is 0.286. The number of amides is 1. The molecule has 0 aliphatic carbocycles. The Morgan fingerprint density at radius 2 is 2.09 bits per heavy atom. The van der Waals surface area contributed by atoms with Crippen LogP contribution in [0, 0.1) is 21.4 Å². The summed E-state index contributed by atoms with van der Waals surface area (Å²) in [7, 11) is 0. The van der Waals surface area contributed by atoms with E-state index in [0.29, 0.717) is 0 Å². The van der Waals surface area contributed by atoms with Crippen LogP contribution in [-0.2, 0) is 4.79 Å². The lowest BCUT2D eigenvalue weighted by Gasteiger charge is -2.20. The first-order valence-corrected chi connectivity index (χ1v) is 6.65. The molecule has 0 atom stereocenters. The number of hydrogen-bond acceptors (Lipinski definition) is 5. The van der Waals surface area contributed by atoms with Crippen LogP contribution in [0.4, 0.5) is 11.4 Å². The van der Waals surface area contributed by atoms with Gasteiger partial charge < -0.3 is 10.6 Å². The average molecular weight is 323 g/mol. The highest BCUT2D eigenvalue weighted by Gasteiger charge is 2.17. The lowest BCUT2D eigenvalue weighted by Crippen LogP contribution is -2.41. The fourth-order valence-corrected chi connectivity index (χ4v) is 1.62. The van der Waals surface area contributed by atoms with Gasteiger partial charge in [-0.05, 0) is 26.8 Å². The Balaban J connectivity index is 2.98. The SMILES string of the molecule is CC(C)(C)NC(=O)/C(C#N)=C\Nc1cc([N+](=O)[O-])ccc1Cl. The minimum absolute atomic E-state index is 0.155. The fourth-order valence-electron chi connectivity index (χ4n) is 1.44. The molecule has 116 valence electrons. The molecular weight excluding hydrogens is 308 g/mol. The molecule has 0 aliphatic heterocycles. The normalized spacial score (nSPS) is 11.5. The predicted octanol–water partition coefficient (Wildman–Crippen LogP) is 2.98. The number of hydrogen-bond donors (Lipinski definition) is 2. The number of carbonyl (C=O) groups is 1. The van der Waals surface area contributed by atoms with Crippen molar-refractivity contribution in [2.24, 2.45) is 0 Å². The number of rotatable bonds is 4. The van der Waals surface area contributed by atoms with Crippen molar-refractivity contribution in [1.29, 1.82) is 5.26 Å². The first-order chi connectivity index (χ1) is 10.1. The van der Waals surface area contributed by atoms with E-state index in [-0.39, 0.29) is 22.0 Å². The smallest absolute Gasteiger partial charge is 0.271 e. The van der Waals surface area contributed by atoms with Crippen molar-refractivity contribution in [3.8, 4) is 6.07 Å². The Hall–Kier alpha value is -2.59. The Labute approximate surface area is 132 Å². The molecule has 1 aromatic rings. The summed E-state index contributed by atoms with van der Waals surface area (Å²) >= 11 is 5.92. The monoisotopic (exact) mass is 322 g/mol. The molecule has 0 aliphatic rings. The lowest BCUT2D eigenvalue weighted by molar-refractivity contribution is -0.384. The van der Waals surface area contributed by atoms with Crippen LogP contribution in [-0.4, -0.2) is 16.4 Å². The third-order valence-corrected chi connectivity index (χ3v) is 2.72. The summed E-state index contributed by atoms with van der Waals surface area (Å²) in [5.41, 5.74) is -0.585. The van der Waals surface area contributed by atoms with Gasteiger partial charge in [0.2, 0.25) is 0 Å². The number of benzene rings is 1. The molecule has 8 heteroatoms. The maximum absolute atomic E-state index is 11.9. The molecule has 0 spiro atoms. The Kier molecular flexibility index (Phi) is 5.49. The van der Waals surface area contributed by atoms with E-state index in [1.807, 2.05) is 0 Å². The van der Waals surface area contributed by atoms with Gasteiger partial charge in [-0.2, -0.15) is 5.26 Å². The van der Waals surface area contributed by atoms with Crippen LogP contribution in [0.15, 0.2) is 30.0 Å². The van der Waals surface area contributed by atoms with Gasteiger partial charge in [-0.3, -0.25) is 14.9 Å². The number of nitro benzene ring substituents is 1. The Bertz CT molecular complexity index is 672. The second kappa shape index (κ2) is 6.91. The van der Waals surface area contributed by atoms with Gasteiger partial charge in [-0.1, -0.05) is 11.6 Å². The number of halogens is 1. The van der Waals surface area contributed by atoms with E-state index in [0.717, 1.165) is 6.20 Å². The summed E-state index contributed by atoms with van der Waals surface area (Å²) in [4.78, 5) is 22.0. The first kappa shape index (κ1) is 17.5. The van der Waals surface area contributed by atoms with Gasteiger partial charge in [0.15, 0.2) is 0 Å². The van der Waals surface area contributed by atoms with Crippen molar-refractivity contribution in [2.75, 3.05) is 5.32 Å². The molecule has 0 bridgehead atoms. The van der Waals surface area contributed by atoms with Gasteiger partial charge in [0.1, 0.15) is 11.6 Å². The van der Waals surface area contributed by atoms with Crippen LogP contribution in [0.25, 0.3) is 0 Å². The average Bonchev–Trinajstić information content (AvgIpc) is 2.39. The van der Waals surface area contributed by atoms with Gasteiger partial charge in [0, 0.05) is 23.9 Å². The van der Waals surface area contributed by atoms with E-state index in [4.69, 9.17) is 16.9 Å². The zero-order chi connectivity index (χ0) is 16.9. The van der Waals surface area contributed by atoms with Crippen molar-refractivity contribution in [1.82, 2.24) is 5.32 Å². The molecule has 1 amide bonds. The van der Waals surface area contributed by atoms with E-state index in [1.165, 1.54) is 18.2 Å². The minimum Gasteiger partial charge on any atom is -0.359 e. The van der Waals surface area contributed by atoms with Crippen molar-refractivity contribution >= 4 is 28.9 Å². The van der Waals surface area contributed by atoms with Crippen LogP contribution in [0.2, 0.25) is 5.02 Å². The zero-order valence-corrected chi connectivity index (χ0v) is 13.1. The highest BCUT2D eigenvalue weighted by atomic mass is 35.5.